The highest BCUT2D eigenvalue weighted by Crippen LogP contribution is 2.33. The van der Waals surface area contributed by atoms with Gasteiger partial charge in [0.2, 0.25) is 0 Å². The molecule has 0 fully saturated rings. The van der Waals surface area contributed by atoms with Gasteiger partial charge >= 0.3 is 0 Å². The van der Waals surface area contributed by atoms with Crippen LogP contribution >= 0.6 is 0 Å². The first-order valence-electron chi connectivity index (χ1n) is 8.66. The summed E-state index contributed by atoms with van der Waals surface area (Å²) in [5.41, 5.74) is 5.76. The molecule has 0 saturated heterocycles. The molecule has 0 aliphatic carbocycles. The van der Waals surface area contributed by atoms with E-state index in [1.807, 2.05) is 18.2 Å². The van der Waals surface area contributed by atoms with Gasteiger partial charge in [-0.15, -0.1) is 0 Å². The van der Waals surface area contributed by atoms with E-state index in [0.29, 0.717) is 0 Å². The minimum atomic E-state index is 0.887. The topological polar surface area (TPSA) is 29.4 Å². The van der Waals surface area contributed by atoms with Gasteiger partial charge in [0, 0.05) is 17.8 Å². The second-order valence-corrected chi connectivity index (χ2v) is 6.42. The molecule has 0 atom stereocenters. The highest BCUT2D eigenvalue weighted by molar-refractivity contribution is 6.01. The first kappa shape index (κ1) is 14.8. The summed E-state index contributed by atoms with van der Waals surface area (Å²) >= 11 is 0. The number of hydrogen-bond acceptors (Lipinski definition) is 1. The maximum absolute atomic E-state index is 5.54. The lowest BCUT2D eigenvalue weighted by Gasteiger charge is -2.03. The lowest BCUT2D eigenvalue weighted by molar-refractivity contribution is 0.420. The van der Waals surface area contributed by atoms with Crippen LogP contribution in [0, 0.1) is 0 Å². The first-order chi connectivity index (χ1) is 12.8. The summed E-state index contributed by atoms with van der Waals surface area (Å²) < 4.78 is 7.67. The van der Waals surface area contributed by atoms with Gasteiger partial charge in [0.1, 0.15) is 11.4 Å². The molecule has 0 bridgehead atoms. The normalized spacial score (nSPS) is 11.3. The van der Waals surface area contributed by atoms with Gasteiger partial charge in [-0.2, -0.15) is 0 Å². The fourth-order valence-electron chi connectivity index (χ4n) is 3.57. The van der Waals surface area contributed by atoms with Crippen LogP contribution in [0.25, 0.3) is 38.8 Å². The molecule has 3 nitrogen and oxygen atoms in total. The van der Waals surface area contributed by atoms with E-state index in [0.717, 1.165) is 28.0 Å². The third-order valence-corrected chi connectivity index (χ3v) is 4.88. The zero-order valence-electron chi connectivity index (χ0n) is 14.4. The molecule has 0 amide bonds. The number of imidazole rings is 1. The summed E-state index contributed by atoms with van der Waals surface area (Å²) in [5.74, 6) is 0.887. The van der Waals surface area contributed by atoms with Crippen LogP contribution in [0.4, 0.5) is 0 Å². The van der Waals surface area contributed by atoms with E-state index >= 15 is 0 Å². The Balaban J connectivity index is 1.59. The molecule has 2 heterocycles. The number of hydrogen-bond donors (Lipinski definition) is 1. The molecule has 0 unspecified atom stereocenters. The summed E-state index contributed by atoms with van der Waals surface area (Å²) in [6, 6.07) is 25.2. The van der Waals surface area contributed by atoms with E-state index in [1.165, 1.54) is 16.5 Å². The molecule has 2 aromatic heterocycles. The Kier molecular flexibility index (Phi) is 3.32. The van der Waals surface area contributed by atoms with Crippen LogP contribution in [0.15, 0.2) is 85.2 Å². The van der Waals surface area contributed by atoms with Crippen molar-refractivity contribution < 1.29 is 4.74 Å². The van der Waals surface area contributed by atoms with E-state index in [9.17, 15) is 0 Å². The Hall–Kier alpha value is -3.46. The Morgan fingerprint density at radius 2 is 1.46 bits per heavy atom. The van der Waals surface area contributed by atoms with E-state index in [2.05, 4.69) is 76.4 Å². The number of rotatable bonds is 3. The number of aromatic nitrogens is 2. The Labute approximate surface area is 151 Å². The number of H-pyrrole nitrogens is 1. The summed E-state index contributed by atoms with van der Waals surface area (Å²) in [5, 5.41) is 2.28. The monoisotopic (exact) mass is 338 g/mol. The van der Waals surface area contributed by atoms with Crippen LogP contribution in [0.3, 0.4) is 0 Å². The average Bonchev–Trinajstić information content (AvgIpc) is 3.26. The number of nitrogens with one attached hydrogen (secondary N) is 1. The molecule has 126 valence electrons. The van der Waals surface area contributed by atoms with Crippen molar-refractivity contribution in [3.05, 3.63) is 85.2 Å². The number of benzene rings is 3. The minimum Gasteiger partial charge on any atom is -0.496 e. The molecule has 0 spiro atoms. The highest BCUT2D eigenvalue weighted by atomic mass is 16.5. The second kappa shape index (κ2) is 5.81. The maximum Gasteiger partial charge on any atom is 0.130 e. The van der Waals surface area contributed by atoms with E-state index in [1.54, 1.807) is 7.11 Å². The van der Waals surface area contributed by atoms with Gasteiger partial charge in [-0.1, -0.05) is 66.7 Å². The SMILES string of the molecule is COc1cccc2cn3cc(-c4ccc(-c5ccccc5)cc4)[nH]c3c12. The average molecular weight is 338 g/mol. The van der Waals surface area contributed by atoms with E-state index in [4.69, 9.17) is 4.74 Å². The fraction of sp³-hybridized carbons (Fsp3) is 0.0435. The third kappa shape index (κ3) is 2.29. The van der Waals surface area contributed by atoms with Crippen LogP contribution in [-0.2, 0) is 0 Å². The number of methoxy groups -OCH3 is 1. The van der Waals surface area contributed by atoms with E-state index in [-0.39, 0.29) is 0 Å². The lowest BCUT2D eigenvalue weighted by atomic mass is 10.0. The Morgan fingerprint density at radius 3 is 2.23 bits per heavy atom. The van der Waals surface area contributed by atoms with Crippen molar-refractivity contribution in [2.75, 3.05) is 7.11 Å². The predicted molar refractivity (Wildman–Crippen MR) is 107 cm³/mol. The van der Waals surface area contributed by atoms with Crippen molar-refractivity contribution in [2.24, 2.45) is 0 Å². The molecule has 5 aromatic rings. The fourth-order valence-corrected chi connectivity index (χ4v) is 3.57. The lowest BCUT2D eigenvalue weighted by Crippen LogP contribution is -1.83. The largest absolute Gasteiger partial charge is 0.496 e. The molecule has 0 aliphatic rings. The van der Waals surface area contributed by atoms with Crippen LogP contribution in [0.5, 0.6) is 5.75 Å². The van der Waals surface area contributed by atoms with Crippen LogP contribution in [-0.4, -0.2) is 16.5 Å². The summed E-state index contributed by atoms with van der Waals surface area (Å²) in [4.78, 5) is 3.55. The summed E-state index contributed by atoms with van der Waals surface area (Å²) in [7, 11) is 1.71. The van der Waals surface area contributed by atoms with Gasteiger partial charge in [-0.25, -0.2) is 0 Å². The van der Waals surface area contributed by atoms with Crippen molar-refractivity contribution >= 4 is 16.4 Å². The summed E-state index contributed by atoms with van der Waals surface area (Å²) in [6.07, 6.45) is 4.26. The van der Waals surface area contributed by atoms with Crippen molar-refractivity contribution in [1.82, 2.24) is 9.38 Å². The molecular weight excluding hydrogens is 320 g/mol. The Morgan fingerprint density at radius 1 is 0.731 bits per heavy atom. The van der Waals surface area contributed by atoms with Crippen LogP contribution in [0.2, 0.25) is 0 Å². The number of ether oxygens (including phenoxy) is 1. The second-order valence-electron chi connectivity index (χ2n) is 6.42. The molecule has 3 aromatic carbocycles. The molecule has 3 heteroatoms. The van der Waals surface area contributed by atoms with Crippen LogP contribution in [0.1, 0.15) is 0 Å². The molecule has 1 N–H and O–H groups in total. The van der Waals surface area contributed by atoms with Gasteiger partial charge in [0.25, 0.3) is 0 Å². The zero-order valence-corrected chi connectivity index (χ0v) is 14.4. The number of nitrogens with zero attached hydrogens (tertiary/aromatic N) is 1. The van der Waals surface area contributed by atoms with Crippen molar-refractivity contribution in [3.8, 4) is 28.1 Å². The van der Waals surface area contributed by atoms with Crippen LogP contribution < -0.4 is 4.74 Å². The van der Waals surface area contributed by atoms with Crippen molar-refractivity contribution in [1.29, 1.82) is 0 Å². The minimum absolute atomic E-state index is 0.887. The number of aromatic amines is 1. The smallest absolute Gasteiger partial charge is 0.130 e. The van der Waals surface area contributed by atoms with Gasteiger partial charge in [-0.05, 0) is 22.8 Å². The van der Waals surface area contributed by atoms with Gasteiger partial charge in [-0.3, -0.25) is 0 Å². The number of fused-ring (bicyclic) bond motifs is 3. The van der Waals surface area contributed by atoms with Gasteiger partial charge in [0.05, 0.1) is 18.2 Å². The third-order valence-electron chi connectivity index (χ3n) is 4.88. The molecule has 5 rings (SSSR count). The van der Waals surface area contributed by atoms with E-state index < -0.39 is 0 Å². The quantitative estimate of drug-likeness (QED) is 0.445. The molecule has 26 heavy (non-hydrogen) atoms. The highest BCUT2D eigenvalue weighted by Gasteiger charge is 2.12. The first-order valence-corrected chi connectivity index (χ1v) is 8.66. The molecule has 0 radical (unpaired) electrons. The van der Waals surface area contributed by atoms with Gasteiger partial charge in [0.15, 0.2) is 0 Å². The standard InChI is InChI=1S/C23H18N2O/c1-26-21-9-5-8-19-14-25-15-20(24-23(25)22(19)21)18-12-10-17(11-13-18)16-6-3-2-4-7-16/h2-15,24H,1H3. The van der Waals surface area contributed by atoms with Gasteiger partial charge < -0.3 is 14.1 Å². The van der Waals surface area contributed by atoms with Crippen molar-refractivity contribution in [2.45, 2.75) is 0 Å². The molecule has 0 aliphatic heterocycles. The summed E-state index contributed by atoms with van der Waals surface area (Å²) in [6.45, 7) is 0. The maximum atomic E-state index is 5.54. The molecule has 0 saturated carbocycles. The van der Waals surface area contributed by atoms with Crippen molar-refractivity contribution in [3.63, 3.8) is 0 Å². The zero-order chi connectivity index (χ0) is 17.5. The molecular formula is C23H18N2O. The predicted octanol–water partition coefficient (Wildman–Crippen LogP) is 5.76. The Bertz CT molecular complexity index is 1200.